The number of nitrogens with zero attached hydrogens (tertiary/aromatic N) is 6. The lowest BCUT2D eigenvalue weighted by molar-refractivity contribution is 0.0715. The number of rotatable bonds is 6. The molecular formula is C22H24N6O4. The van der Waals surface area contributed by atoms with Gasteiger partial charge >= 0.3 is 6.09 Å². The number of carbonyl (C=O) groups is 1. The van der Waals surface area contributed by atoms with Crippen molar-refractivity contribution in [2.24, 2.45) is 0 Å². The van der Waals surface area contributed by atoms with Crippen LogP contribution in [0.1, 0.15) is 12.5 Å². The SMILES string of the molecule is COC(C)COc1cc(-c2ccc(N3CCN(C(=O)O)CC3)nc2)c2c(C#N)cnn2c1. The van der Waals surface area contributed by atoms with E-state index in [1.165, 1.54) is 11.1 Å². The second-order valence-corrected chi connectivity index (χ2v) is 7.57. The number of hydrogen-bond acceptors (Lipinski definition) is 7. The van der Waals surface area contributed by atoms with E-state index >= 15 is 0 Å². The third kappa shape index (κ3) is 4.29. The van der Waals surface area contributed by atoms with Gasteiger partial charge in [-0.15, -0.1) is 0 Å². The van der Waals surface area contributed by atoms with Gasteiger partial charge in [0.15, 0.2) is 0 Å². The molecule has 1 atom stereocenters. The van der Waals surface area contributed by atoms with Crippen LogP contribution in [0.2, 0.25) is 0 Å². The summed E-state index contributed by atoms with van der Waals surface area (Å²) in [5.74, 6) is 1.39. The molecule has 0 radical (unpaired) electrons. The number of hydrogen-bond donors (Lipinski definition) is 1. The van der Waals surface area contributed by atoms with Crippen molar-refractivity contribution in [1.82, 2.24) is 19.5 Å². The average molecular weight is 436 g/mol. The van der Waals surface area contributed by atoms with E-state index < -0.39 is 6.09 Å². The number of aromatic nitrogens is 3. The molecule has 1 aliphatic rings. The molecule has 1 aliphatic heterocycles. The fourth-order valence-corrected chi connectivity index (χ4v) is 3.62. The molecule has 1 N–H and O–H groups in total. The molecule has 166 valence electrons. The Bertz CT molecular complexity index is 1150. The number of carboxylic acid groups (broad SMARTS) is 1. The second kappa shape index (κ2) is 9.11. The summed E-state index contributed by atoms with van der Waals surface area (Å²) < 4.78 is 12.8. The fraction of sp³-hybridized carbons (Fsp3) is 0.364. The Kier molecular flexibility index (Phi) is 6.09. The molecule has 32 heavy (non-hydrogen) atoms. The first-order valence-electron chi connectivity index (χ1n) is 10.3. The van der Waals surface area contributed by atoms with Crippen molar-refractivity contribution < 1.29 is 19.4 Å². The van der Waals surface area contributed by atoms with Gasteiger partial charge < -0.3 is 24.4 Å². The van der Waals surface area contributed by atoms with Crippen LogP contribution in [0.15, 0.2) is 36.8 Å². The normalized spacial score (nSPS) is 14.9. The van der Waals surface area contributed by atoms with Crippen molar-refractivity contribution in [3.05, 3.63) is 42.4 Å². The summed E-state index contributed by atoms with van der Waals surface area (Å²) in [4.78, 5) is 19.2. The summed E-state index contributed by atoms with van der Waals surface area (Å²) in [5.41, 5.74) is 2.76. The van der Waals surface area contributed by atoms with E-state index in [1.54, 1.807) is 24.0 Å². The van der Waals surface area contributed by atoms with Crippen molar-refractivity contribution in [1.29, 1.82) is 5.26 Å². The largest absolute Gasteiger partial charge is 0.489 e. The van der Waals surface area contributed by atoms with Crippen LogP contribution >= 0.6 is 0 Å². The predicted octanol–water partition coefficient (Wildman–Crippen LogP) is 2.48. The zero-order valence-electron chi connectivity index (χ0n) is 17.9. The molecule has 10 nitrogen and oxygen atoms in total. The van der Waals surface area contributed by atoms with Crippen molar-refractivity contribution in [2.75, 3.05) is 44.8 Å². The zero-order chi connectivity index (χ0) is 22.7. The van der Waals surface area contributed by atoms with E-state index in [9.17, 15) is 10.1 Å². The summed E-state index contributed by atoms with van der Waals surface area (Å²) in [7, 11) is 1.63. The molecule has 4 heterocycles. The number of ether oxygens (including phenoxy) is 2. The Labute approximate surface area is 185 Å². The van der Waals surface area contributed by atoms with Crippen molar-refractivity contribution >= 4 is 17.4 Å². The molecule has 0 aliphatic carbocycles. The first-order valence-corrected chi connectivity index (χ1v) is 10.3. The van der Waals surface area contributed by atoms with Gasteiger partial charge in [0.2, 0.25) is 0 Å². The van der Waals surface area contributed by atoms with Crippen LogP contribution in [0, 0.1) is 11.3 Å². The van der Waals surface area contributed by atoms with Gasteiger partial charge in [-0.05, 0) is 25.1 Å². The van der Waals surface area contributed by atoms with Gasteiger partial charge in [0.25, 0.3) is 0 Å². The van der Waals surface area contributed by atoms with Crippen LogP contribution in [-0.2, 0) is 4.74 Å². The number of pyridine rings is 2. The molecule has 4 rings (SSSR count). The molecule has 3 aromatic rings. The van der Waals surface area contributed by atoms with Gasteiger partial charge in [-0.1, -0.05) is 0 Å². The summed E-state index contributed by atoms with van der Waals surface area (Å²) in [6.45, 7) is 4.36. The number of fused-ring (bicyclic) bond motifs is 1. The van der Waals surface area contributed by atoms with Gasteiger partial charge in [-0.2, -0.15) is 10.4 Å². The molecule has 1 saturated heterocycles. The van der Waals surface area contributed by atoms with E-state index in [-0.39, 0.29) is 6.10 Å². The number of anilines is 1. The molecule has 0 saturated carbocycles. The number of nitriles is 1. The van der Waals surface area contributed by atoms with Gasteiger partial charge in [0, 0.05) is 50.6 Å². The lowest BCUT2D eigenvalue weighted by Gasteiger charge is -2.33. The second-order valence-electron chi connectivity index (χ2n) is 7.57. The van der Waals surface area contributed by atoms with Crippen LogP contribution in [-0.4, -0.2) is 76.7 Å². The topological polar surface area (TPSA) is 116 Å². The first kappa shape index (κ1) is 21.4. The monoisotopic (exact) mass is 436 g/mol. The minimum atomic E-state index is -0.895. The Morgan fingerprint density at radius 2 is 2.06 bits per heavy atom. The van der Waals surface area contributed by atoms with Gasteiger partial charge in [0.1, 0.15) is 24.2 Å². The molecular weight excluding hydrogens is 412 g/mol. The van der Waals surface area contributed by atoms with Gasteiger partial charge in [-0.25, -0.2) is 14.3 Å². The molecule has 0 aromatic carbocycles. The average Bonchev–Trinajstić information content (AvgIpc) is 3.25. The molecule has 0 spiro atoms. The van der Waals surface area contributed by atoms with Gasteiger partial charge in [0.05, 0.1) is 29.6 Å². The smallest absolute Gasteiger partial charge is 0.407 e. The summed E-state index contributed by atoms with van der Waals surface area (Å²) >= 11 is 0. The van der Waals surface area contributed by atoms with E-state index in [0.717, 1.165) is 16.9 Å². The lowest BCUT2D eigenvalue weighted by atomic mass is 10.1. The Morgan fingerprint density at radius 1 is 1.28 bits per heavy atom. The maximum absolute atomic E-state index is 11.1. The Morgan fingerprint density at radius 3 is 2.69 bits per heavy atom. The van der Waals surface area contributed by atoms with Crippen LogP contribution in [0.3, 0.4) is 0 Å². The van der Waals surface area contributed by atoms with Crippen LogP contribution in [0.4, 0.5) is 10.6 Å². The number of amides is 1. The Hall–Kier alpha value is -3.84. The van der Waals surface area contributed by atoms with Crippen LogP contribution in [0.25, 0.3) is 16.6 Å². The molecule has 3 aromatic heterocycles. The molecule has 1 amide bonds. The predicted molar refractivity (Wildman–Crippen MR) is 117 cm³/mol. The molecule has 1 unspecified atom stereocenters. The quantitative estimate of drug-likeness (QED) is 0.626. The molecule has 1 fully saturated rings. The highest BCUT2D eigenvalue weighted by Crippen LogP contribution is 2.31. The van der Waals surface area contributed by atoms with Crippen molar-refractivity contribution in [3.8, 4) is 22.9 Å². The highest BCUT2D eigenvalue weighted by atomic mass is 16.5. The van der Waals surface area contributed by atoms with Crippen LogP contribution < -0.4 is 9.64 Å². The summed E-state index contributed by atoms with van der Waals surface area (Å²) in [6, 6.07) is 7.92. The highest BCUT2D eigenvalue weighted by Gasteiger charge is 2.21. The third-order valence-electron chi connectivity index (χ3n) is 5.53. The van der Waals surface area contributed by atoms with E-state index in [1.807, 2.05) is 25.1 Å². The first-order chi connectivity index (χ1) is 15.5. The standard InChI is InChI=1S/C22H24N6O4/c1-15(31-2)14-32-18-9-19(21-17(10-23)12-25-28(21)13-18)16-3-4-20(24-11-16)26-5-7-27(8-6-26)22(29)30/h3-4,9,11-13,15H,5-8,14H2,1-2H3,(H,29,30). The van der Waals surface area contributed by atoms with E-state index in [4.69, 9.17) is 14.6 Å². The zero-order valence-corrected chi connectivity index (χ0v) is 17.9. The maximum atomic E-state index is 11.1. The van der Waals surface area contributed by atoms with Crippen molar-refractivity contribution in [2.45, 2.75) is 13.0 Å². The summed E-state index contributed by atoms with van der Waals surface area (Å²) in [6.07, 6.45) is 4.07. The van der Waals surface area contributed by atoms with Gasteiger partial charge in [-0.3, -0.25) is 0 Å². The minimum Gasteiger partial charge on any atom is -0.489 e. The molecule has 10 heteroatoms. The Balaban J connectivity index is 1.62. The van der Waals surface area contributed by atoms with E-state index in [0.29, 0.717) is 49.6 Å². The number of piperazine rings is 1. The maximum Gasteiger partial charge on any atom is 0.407 e. The minimum absolute atomic E-state index is 0.0658. The third-order valence-corrected chi connectivity index (χ3v) is 5.53. The lowest BCUT2D eigenvalue weighted by Crippen LogP contribution is -2.48. The highest BCUT2D eigenvalue weighted by molar-refractivity contribution is 5.85. The fourth-order valence-electron chi connectivity index (χ4n) is 3.62. The molecule has 0 bridgehead atoms. The van der Waals surface area contributed by atoms with Crippen molar-refractivity contribution in [3.63, 3.8) is 0 Å². The summed E-state index contributed by atoms with van der Waals surface area (Å²) in [5, 5.41) is 22.9. The van der Waals surface area contributed by atoms with Crippen LogP contribution in [0.5, 0.6) is 5.75 Å². The van der Waals surface area contributed by atoms with E-state index in [2.05, 4.69) is 21.1 Å². The number of methoxy groups -OCH3 is 1.